The average molecular weight is 354 g/mol. The van der Waals surface area contributed by atoms with E-state index >= 15 is 0 Å². The molecule has 0 aliphatic rings. The largest absolute Gasteiger partial charge is 0.493 e. The van der Waals surface area contributed by atoms with Crippen molar-refractivity contribution in [2.24, 2.45) is 0 Å². The van der Waals surface area contributed by atoms with Crippen LogP contribution in [0.4, 0.5) is 0 Å². The fourth-order valence-corrected chi connectivity index (χ4v) is 3.32. The van der Waals surface area contributed by atoms with E-state index < -0.39 is 0 Å². The van der Waals surface area contributed by atoms with Gasteiger partial charge in [0.1, 0.15) is 23.0 Å². The first-order valence-corrected chi connectivity index (χ1v) is 9.29. The Bertz CT molecular complexity index is 835. The summed E-state index contributed by atoms with van der Waals surface area (Å²) in [5.74, 6) is 3.21. The third-order valence-corrected chi connectivity index (χ3v) is 4.17. The van der Waals surface area contributed by atoms with Crippen molar-refractivity contribution in [1.82, 2.24) is 0 Å². The van der Waals surface area contributed by atoms with E-state index in [9.17, 15) is 0 Å². The van der Waals surface area contributed by atoms with Gasteiger partial charge in [-0.15, -0.1) is 0 Å². The summed E-state index contributed by atoms with van der Waals surface area (Å²) in [5.41, 5.74) is 0. The Morgan fingerprint density at radius 3 is 1.38 bits per heavy atom. The highest BCUT2D eigenvalue weighted by atomic mass is 16.5. The molecule has 26 heavy (non-hydrogen) atoms. The van der Waals surface area contributed by atoms with Crippen LogP contribution in [0, 0.1) is 0 Å². The van der Waals surface area contributed by atoms with Crippen molar-refractivity contribution in [2.75, 3.05) is 26.4 Å². The quantitative estimate of drug-likeness (QED) is 0.494. The van der Waals surface area contributed by atoms with E-state index in [1.165, 1.54) is 0 Å². The average Bonchev–Trinajstić information content (AvgIpc) is 2.65. The number of hydrogen-bond acceptors (Lipinski definition) is 4. The zero-order valence-corrected chi connectivity index (χ0v) is 15.9. The number of fused-ring (bicyclic) bond motifs is 2. The molecular formula is C22H26O4. The van der Waals surface area contributed by atoms with E-state index in [1.54, 1.807) is 0 Å². The van der Waals surface area contributed by atoms with Crippen molar-refractivity contribution in [2.45, 2.75) is 27.7 Å². The summed E-state index contributed by atoms with van der Waals surface area (Å²) in [5, 5.41) is 3.84. The van der Waals surface area contributed by atoms with Gasteiger partial charge >= 0.3 is 0 Å². The molecule has 0 aliphatic heterocycles. The van der Waals surface area contributed by atoms with Crippen LogP contribution in [0.2, 0.25) is 0 Å². The molecule has 0 unspecified atom stereocenters. The fourth-order valence-electron chi connectivity index (χ4n) is 3.32. The van der Waals surface area contributed by atoms with Crippen LogP contribution in [0.25, 0.3) is 21.5 Å². The lowest BCUT2D eigenvalue weighted by atomic mass is 9.99. The van der Waals surface area contributed by atoms with E-state index in [-0.39, 0.29) is 0 Å². The maximum atomic E-state index is 6.12. The van der Waals surface area contributed by atoms with Crippen molar-refractivity contribution >= 4 is 21.5 Å². The van der Waals surface area contributed by atoms with E-state index in [4.69, 9.17) is 18.9 Å². The van der Waals surface area contributed by atoms with Gasteiger partial charge in [-0.1, -0.05) is 24.3 Å². The summed E-state index contributed by atoms with van der Waals surface area (Å²) in [4.78, 5) is 0. The molecule has 4 nitrogen and oxygen atoms in total. The molecule has 3 rings (SSSR count). The van der Waals surface area contributed by atoms with Crippen molar-refractivity contribution in [3.05, 3.63) is 36.4 Å². The fraction of sp³-hybridized carbons (Fsp3) is 0.364. The van der Waals surface area contributed by atoms with Gasteiger partial charge in [0, 0.05) is 10.8 Å². The molecule has 138 valence electrons. The van der Waals surface area contributed by atoms with Gasteiger partial charge in [0.2, 0.25) is 0 Å². The van der Waals surface area contributed by atoms with E-state index in [1.807, 2.05) is 52.0 Å². The lowest BCUT2D eigenvalue weighted by Crippen LogP contribution is -2.02. The lowest BCUT2D eigenvalue weighted by molar-refractivity contribution is 0.326. The van der Waals surface area contributed by atoms with E-state index in [0.29, 0.717) is 26.4 Å². The summed E-state index contributed by atoms with van der Waals surface area (Å²) in [7, 11) is 0. The minimum absolute atomic E-state index is 0.555. The minimum Gasteiger partial charge on any atom is -0.493 e. The summed E-state index contributed by atoms with van der Waals surface area (Å²) in [6.45, 7) is 10.2. The van der Waals surface area contributed by atoms with Crippen molar-refractivity contribution < 1.29 is 18.9 Å². The smallest absolute Gasteiger partial charge is 0.142 e. The molecule has 0 amide bonds. The molecule has 4 heteroatoms. The van der Waals surface area contributed by atoms with Crippen LogP contribution in [-0.2, 0) is 0 Å². The molecule has 0 radical (unpaired) electrons. The van der Waals surface area contributed by atoms with Gasteiger partial charge in [-0.2, -0.15) is 0 Å². The molecule has 0 aromatic heterocycles. The first-order chi connectivity index (χ1) is 12.8. The molecule has 3 aromatic carbocycles. The molecule has 0 bridgehead atoms. The predicted molar refractivity (Wildman–Crippen MR) is 106 cm³/mol. The van der Waals surface area contributed by atoms with E-state index in [2.05, 4.69) is 12.1 Å². The maximum Gasteiger partial charge on any atom is 0.142 e. The van der Waals surface area contributed by atoms with Crippen LogP contribution in [0.3, 0.4) is 0 Å². The molecule has 0 atom stereocenters. The summed E-state index contributed by atoms with van der Waals surface area (Å²) >= 11 is 0. The van der Waals surface area contributed by atoms with Gasteiger partial charge in [0.05, 0.1) is 37.2 Å². The lowest BCUT2D eigenvalue weighted by Gasteiger charge is -2.20. The number of benzene rings is 3. The Kier molecular flexibility index (Phi) is 5.71. The van der Waals surface area contributed by atoms with Crippen molar-refractivity contribution in [3.8, 4) is 23.0 Å². The first-order valence-electron chi connectivity index (χ1n) is 9.29. The number of rotatable bonds is 8. The molecular weight excluding hydrogens is 328 g/mol. The normalized spacial score (nSPS) is 10.9. The third kappa shape index (κ3) is 3.12. The third-order valence-electron chi connectivity index (χ3n) is 4.17. The number of hydrogen-bond donors (Lipinski definition) is 0. The Labute approximate surface area is 154 Å². The first kappa shape index (κ1) is 18.2. The minimum atomic E-state index is 0.555. The van der Waals surface area contributed by atoms with Crippen LogP contribution < -0.4 is 18.9 Å². The molecule has 3 aromatic rings. The van der Waals surface area contributed by atoms with Gasteiger partial charge < -0.3 is 18.9 Å². The van der Waals surface area contributed by atoms with Crippen LogP contribution in [0.5, 0.6) is 23.0 Å². The zero-order valence-electron chi connectivity index (χ0n) is 15.9. The molecule has 0 N–H and O–H groups in total. The van der Waals surface area contributed by atoms with Crippen LogP contribution >= 0.6 is 0 Å². The standard InChI is InChI=1S/C22H26O4/c1-5-23-17-13-9-11-15-19(17)22(26-8-4)20-16(21(15)25-7-3)12-10-14-18(20)24-6-2/h9-14H,5-8H2,1-4H3. The summed E-state index contributed by atoms with van der Waals surface area (Å²) in [6.07, 6.45) is 0. The highest BCUT2D eigenvalue weighted by molar-refractivity contribution is 6.15. The van der Waals surface area contributed by atoms with Crippen LogP contribution in [0.1, 0.15) is 27.7 Å². The molecule has 0 heterocycles. The highest BCUT2D eigenvalue weighted by Crippen LogP contribution is 2.49. The van der Waals surface area contributed by atoms with Gasteiger partial charge in [-0.25, -0.2) is 0 Å². The van der Waals surface area contributed by atoms with Crippen LogP contribution in [0.15, 0.2) is 36.4 Å². The zero-order chi connectivity index (χ0) is 18.5. The highest BCUT2D eigenvalue weighted by Gasteiger charge is 2.21. The second kappa shape index (κ2) is 8.17. The Morgan fingerprint density at radius 2 is 0.962 bits per heavy atom. The van der Waals surface area contributed by atoms with E-state index in [0.717, 1.165) is 44.5 Å². The second-order valence-corrected chi connectivity index (χ2v) is 5.75. The van der Waals surface area contributed by atoms with Crippen LogP contribution in [-0.4, -0.2) is 26.4 Å². The monoisotopic (exact) mass is 354 g/mol. The predicted octanol–water partition coefficient (Wildman–Crippen LogP) is 5.59. The summed E-state index contributed by atoms with van der Waals surface area (Å²) < 4.78 is 24.0. The van der Waals surface area contributed by atoms with Crippen molar-refractivity contribution in [1.29, 1.82) is 0 Å². The maximum absolute atomic E-state index is 6.12. The molecule has 0 aliphatic carbocycles. The van der Waals surface area contributed by atoms with Gasteiger partial charge in [-0.3, -0.25) is 0 Å². The van der Waals surface area contributed by atoms with Crippen molar-refractivity contribution in [3.63, 3.8) is 0 Å². The molecule has 0 saturated heterocycles. The van der Waals surface area contributed by atoms with Gasteiger partial charge in [0.25, 0.3) is 0 Å². The topological polar surface area (TPSA) is 36.9 Å². The summed E-state index contributed by atoms with van der Waals surface area (Å²) in [6, 6.07) is 12.0. The Balaban J connectivity index is 2.52. The van der Waals surface area contributed by atoms with Gasteiger partial charge in [0.15, 0.2) is 0 Å². The Morgan fingerprint density at radius 1 is 0.538 bits per heavy atom. The molecule has 0 saturated carbocycles. The number of ether oxygens (including phenoxy) is 4. The Hall–Kier alpha value is -2.62. The SMILES string of the molecule is CCOc1c2cccc(OCC)c2c(OCC)c2c(OCC)cccc12. The molecule has 0 fully saturated rings. The van der Waals surface area contributed by atoms with Gasteiger partial charge in [-0.05, 0) is 39.8 Å². The molecule has 0 spiro atoms. The second-order valence-electron chi connectivity index (χ2n) is 5.75.